The molecule has 2 aromatic carbocycles. The van der Waals surface area contributed by atoms with Gasteiger partial charge in [0.1, 0.15) is 0 Å². The smallest absolute Gasteiger partial charge is 0.0720 e. The topological polar surface area (TPSA) is 15.7 Å². The average molecular weight is 741 g/mol. The third-order valence-electron chi connectivity index (χ3n) is 11.7. The highest BCUT2D eigenvalue weighted by Gasteiger charge is 2.44. The second-order valence-corrected chi connectivity index (χ2v) is 18.1. The first kappa shape index (κ1) is 55.7. The van der Waals surface area contributed by atoms with Crippen LogP contribution >= 0.6 is 0 Å². The molecule has 4 aliphatic rings. The summed E-state index contributed by atoms with van der Waals surface area (Å²) in [6, 6.07) is 22.3. The summed E-state index contributed by atoms with van der Waals surface area (Å²) >= 11 is 0. The monoisotopic (exact) mass is 741 g/mol. The van der Waals surface area contributed by atoms with Crippen LogP contribution in [0, 0.1) is 28.6 Å². The largest absolute Gasteiger partial charge is 0.374 e. The van der Waals surface area contributed by atoms with Crippen molar-refractivity contribution in [3.8, 4) is 0 Å². The zero-order valence-corrected chi connectivity index (χ0v) is 34.6. The van der Waals surface area contributed by atoms with Gasteiger partial charge >= 0.3 is 0 Å². The van der Waals surface area contributed by atoms with E-state index in [1.165, 1.54) is 82.3 Å². The number of hydrogen-bond acceptors (Lipinski definition) is 3. The van der Waals surface area contributed by atoms with Crippen LogP contribution in [0.15, 0.2) is 60.7 Å². The average Bonchev–Trinajstić information content (AvgIpc) is 3.45. The zero-order valence-electron chi connectivity index (χ0n) is 34.6. The van der Waals surface area contributed by atoms with E-state index < -0.39 is 0 Å². The van der Waals surface area contributed by atoms with Gasteiger partial charge in [0.25, 0.3) is 0 Å². The highest BCUT2D eigenvalue weighted by Crippen LogP contribution is 2.53. The van der Waals surface area contributed by atoms with E-state index in [-0.39, 0.29) is 29.7 Å². The van der Waals surface area contributed by atoms with Crippen LogP contribution in [0.25, 0.3) is 0 Å². The first-order chi connectivity index (χ1) is 23.0. The van der Waals surface area contributed by atoms with Crippen molar-refractivity contribution in [1.82, 2.24) is 9.80 Å². The normalized spacial score (nSPS) is 19.7. The number of hydrogen-bond donors (Lipinski definition) is 0. The number of fused-ring (bicyclic) bond motifs is 1. The molecule has 312 valence electrons. The lowest BCUT2D eigenvalue weighted by Crippen LogP contribution is -2.38. The molecule has 2 aliphatic carbocycles. The molecule has 4 fully saturated rings. The maximum absolute atomic E-state index is 5.43. The molecule has 2 aliphatic heterocycles. The van der Waals surface area contributed by atoms with E-state index >= 15 is 0 Å². The number of likely N-dealkylation sites (tertiary alicyclic amines) is 2. The Kier molecular flexibility index (Phi) is 29.2. The number of ether oxygens (including phenoxy) is 1. The predicted octanol–water partition coefficient (Wildman–Crippen LogP) is 15.1. The van der Waals surface area contributed by atoms with E-state index in [0.29, 0.717) is 17.4 Å². The molecule has 2 saturated heterocycles. The van der Waals surface area contributed by atoms with Gasteiger partial charge in [-0.2, -0.15) is 0 Å². The zero-order chi connectivity index (χ0) is 36.6. The second-order valence-electron chi connectivity index (χ2n) is 18.1. The first-order valence-corrected chi connectivity index (χ1v) is 20.2. The molecule has 1 spiro atoms. The van der Waals surface area contributed by atoms with Gasteiger partial charge in [0.05, 0.1) is 12.7 Å². The number of rotatable bonds is 6. The second kappa shape index (κ2) is 27.8. The molecule has 2 saturated carbocycles. The lowest BCUT2D eigenvalue weighted by molar-refractivity contribution is 0.0657. The predicted molar refractivity (Wildman–Crippen MR) is 243 cm³/mol. The summed E-state index contributed by atoms with van der Waals surface area (Å²) in [4.78, 5) is 5.26. The molecule has 0 amide bonds. The molecule has 53 heavy (non-hydrogen) atoms. The lowest BCUT2D eigenvalue weighted by Gasteiger charge is -2.34. The van der Waals surface area contributed by atoms with Crippen LogP contribution < -0.4 is 0 Å². The molecule has 2 aromatic rings. The first-order valence-electron chi connectivity index (χ1n) is 20.2. The summed E-state index contributed by atoms with van der Waals surface area (Å²) in [7, 11) is 0. The molecule has 2 atom stereocenters. The van der Waals surface area contributed by atoms with Crippen molar-refractivity contribution < 1.29 is 4.74 Å². The van der Waals surface area contributed by atoms with Crippen molar-refractivity contribution in [3.05, 3.63) is 71.8 Å². The minimum Gasteiger partial charge on any atom is -0.374 e. The maximum Gasteiger partial charge on any atom is 0.0720 e. The number of piperidine rings is 1. The van der Waals surface area contributed by atoms with Crippen molar-refractivity contribution in [2.45, 2.75) is 195 Å². The molecule has 3 nitrogen and oxygen atoms in total. The molecule has 2 heterocycles. The maximum atomic E-state index is 5.43. The highest BCUT2D eigenvalue weighted by atomic mass is 16.5. The van der Waals surface area contributed by atoms with Crippen molar-refractivity contribution in [3.63, 3.8) is 0 Å². The van der Waals surface area contributed by atoms with Crippen LogP contribution in [-0.2, 0) is 11.3 Å². The van der Waals surface area contributed by atoms with Gasteiger partial charge in [-0.3, -0.25) is 0 Å². The van der Waals surface area contributed by atoms with Gasteiger partial charge < -0.3 is 14.5 Å². The fourth-order valence-electron chi connectivity index (χ4n) is 6.56. The Labute approximate surface area is 335 Å². The van der Waals surface area contributed by atoms with Gasteiger partial charge in [0, 0.05) is 25.2 Å². The lowest BCUT2D eigenvalue weighted by atomic mass is 9.84. The summed E-state index contributed by atoms with van der Waals surface area (Å²) in [5.74, 6) is 3.59. The SMILES string of the molecule is C.C.C.C.CC(C)C(C)(C)C.CC(C)N1CC2CCCC2C1.CC(C)N1CCC2(CC1)CC2.CC(C)OCc1ccccc1.CC(C)c1ccccc1. The molecule has 0 bridgehead atoms. The Bertz CT molecular complexity index is 1080. The van der Waals surface area contributed by atoms with E-state index in [4.69, 9.17) is 4.74 Å². The van der Waals surface area contributed by atoms with Crippen LogP contribution in [0.2, 0.25) is 0 Å². The number of nitrogens with zero attached hydrogens (tertiary/aromatic N) is 2. The van der Waals surface area contributed by atoms with Crippen molar-refractivity contribution in [2.75, 3.05) is 26.2 Å². The van der Waals surface area contributed by atoms with Crippen LogP contribution in [0.4, 0.5) is 0 Å². The van der Waals surface area contributed by atoms with Gasteiger partial charge in [-0.25, -0.2) is 0 Å². The van der Waals surface area contributed by atoms with E-state index in [1.807, 2.05) is 38.1 Å². The standard InChI is InChI=1S/2C10H19N.C10H14O.C9H12.C7H16.4CH4/c1-9(2)11-7-5-10(3-4-10)6-8-11;1-8(2)11-6-9-4-3-5-10(9)7-11;1-9(2)11-8-10-6-4-3-5-7-10;1-8(2)9-6-4-3-5-7-9;1-6(2)7(3,4)5;;;;/h9H,3-8H2,1-2H3;8-10H,3-7H2,1-2H3;3-7,9H,8H2,1-2H3;3-8H,1-2H3;6H,1-5H3;4*1H4. The Morgan fingerprint density at radius 2 is 1.04 bits per heavy atom. The molecule has 2 unspecified atom stereocenters. The summed E-state index contributed by atoms with van der Waals surface area (Å²) < 4.78 is 5.43. The van der Waals surface area contributed by atoms with Gasteiger partial charge in [-0.05, 0) is 139 Å². The molecule has 3 heteroatoms. The van der Waals surface area contributed by atoms with Crippen LogP contribution in [-0.4, -0.2) is 54.2 Å². The van der Waals surface area contributed by atoms with Gasteiger partial charge in [-0.1, -0.05) is 145 Å². The summed E-state index contributed by atoms with van der Waals surface area (Å²) in [5.41, 5.74) is 4.00. The Morgan fingerprint density at radius 3 is 1.36 bits per heavy atom. The van der Waals surface area contributed by atoms with E-state index in [2.05, 4.69) is 122 Å². The highest BCUT2D eigenvalue weighted by molar-refractivity contribution is 5.17. The third-order valence-corrected chi connectivity index (χ3v) is 11.7. The van der Waals surface area contributed by atoms with E-state index in [9.17, 15) is 0 Å². The quantitative estimate of drug-likeness (QED) is 0.293. The fourth-order valence-corrected chi connectivity index (χ4v) is 6.56. The number of benzene rings is 2. The van der Waals surface area contributed by atoms with Crippen LogP contribution in [0.1, 0.15) is 182 Å². The minimum absolute atomic E-state index is 0. The van der Waals surface area contributed by atoms with Crippen molar-refractivity contribution in [2.24, 2.45) is 28.6 Å². The van der Waals surface area contributed by atoms with Gasteiger partial charge in [-0.15, -0.1) is 0 Å². The summed E-state index contributed by atoms with van der Waals surface area (Å²) in [6.07, 6.45) is 10.8. The summed E-state index contributed by atoms with van der Waals surface area (Å²) in [5, 5.41) is 0. The molecular formula is C50H96N2O. The molecule has 0 N–H and O–H groups in total. The molecule has 0 radical (unpaired) electrons. The van der Waals surface area contributed by atoms with Crippen molar-refractivity contribution >= 4 is 0 Å². The Morgan fingerprint density at radius 1 is 0.623 bits per heavy atom. The molecule has 0 aromatic heterocycles. The Balaban J connectivity index is -0.000000584. The van der Waals surface area contributed by atoms with E-state index in [1.54, 1.807) is 0 Å². The minimum atomic E-state index is 0. The van der Waals surface area contributed by atoms with Crippen LogP contribution in [0.5, 0.6) is 0 Å². The van der Waals surface area contributed by atoms with Gasteiger partial charge in [0.2, 0.25) is 0 Å². The van der Waals surface area contributed by atoms with Crippen molar-refractivity contribution in [1.29, 1.82) is 0 Å². The fraction of sp³-hybridized carbons (Fsp3) is 0.760. The van der Waals surface area contributed by atoms with Gasteiger partial charge in [0.15, 0.2) is 0 Å². The summed E-state index contributed by atoms with van der Waals surface area (Å²) in [6.45, 7) is 35.3. The Hall–Kier alpha value is -1.68. The molecular weight excluding hydrogens is 645 g/mol. The van der Waals surface area contributed by atoms with E-state index in [0.717, 1.165) is 41.9 Å². The third kappa shape index (κ3) is 22.5. The van der Waals surface area contributed by atoms with Crippen LogP contribution in [0.3, 0.4) is 0 Å². The molecule has 6 rings (SSSR count).